The molecule has 40 heavy (non-hydrogen) atoms. The van der Waals surface area contributed by atoms with Crippen LogP contribution in [-0.2, 0) is 27.3 Å². The predicted octanol–water partition coefficient (Wildman–Crippen LogP) is 8.48. The summed E-state index contributed by atoms with van der Waals surface area (Å²) in [5.74, 6) is 0.739. The van der Waals surface area contributed by atoms with Crippen molar-refractivity contribution in [2.24, 2.45) is 5.41 Å². The van der Waals surface area contributed by atoms with E-state index in [0.29, 0.717) is 36.5 Å². The first-order chi connectivity index (χ1) is 19.2. The van der Waals surface area contributed by atoms with Gasteiger partial charge < -0.3 is 18.9 Å². The van der Waals surface area contributed by atoms with Crippen molar-refractivity contribution >= 4 is 5.97 Å². The molecular weight excluding hydrogens is 507 g/mol. The van der Waals surface area contributed by atoms with E-state index in [2.05, 4.69) is 20.8 Å². The van der Waals surface area contributed by atoms with Crippen molar-refractivity contribution in [1.29, 1.82) is 0 Å². The summed E-state index contributed by atoms with van der Waals surface area (Å²) in [5, 5.41) is 0. The molecule has 1 unspecified atom stereocenters. The van der Waals surface area contributed by atoms with E-state index in [9.17, 15) is 4.79 Å². The monoisotopic (exact) mass is 550 g/mol. The molecule has 0 amide bonds. The van der Waals surface area contributed by atoms with Crippen LogP contribution < -0.4 is 9.47 Å². The second-order valence-electron chi connectivity index (χ2n) is 10.8. The number of hydrogen-bond acceptors (Lipinski definition) is 5. The van der Waals surface area contributed by atoms with E-state index in [4.69, 9.17) is 18.9 Å². The molecule has 6 heteroatoms. The van der Waals surface area contributed by atoms with Gasteiger partial charge in [-0.1, -0.05) is 64.3 Å². The number of methoxy groups -OCH3 is 3. The molecule has 0 N–H and O–H groups in total. The molecule has 4 rings (SSSR count). The Morgan fingerprint density at radius 2 is 1.65 bits per heavy atom. The van der Waals surface area contributed by atoms with Gasteiger partial charge in [0.05, 0.1) is 20.3 Å². The molecule has 0 spiro atoms. The minimum atomic E-state index is -0.320. The average Bonchev–Trinajstić information content (AvgIpc) is 3.86. The minimum absolute atomic E-state index is 0.188. The number of hydrogen-bond donors (Lipinski definition) is 0. The fourth-order valence-electron chi connectivity index (χ4n) is 4.36. The van der Waals surface area contributed by atoms with E-state index in [1.807, 2.05) is 42.5 Å². The first-order valence-electron chi connectivity index (χ1n) is 14.0. The molecule has 5 nitrogen and oxygen atoms in total. The van der Waals surface area contributed by atoms with Crippen molar-refractivity contribution in [2.45, 2.75) is 72.0 Å². The van der Waals surface area contributed by atoms with E-state index in [0.717, 1.165) is 28.7 Å². The highest BCUT2D eigenvalue weighted by Crippen LogP contribution is 2.44. The number of rotatable bonds is 12. The van der Waals surface area contributed by atoms with Crippen molar-refractivity contribution in [3.05, 3.63) is 83.2 Å². The normalized spacial score (nSPS) is 13.1. The number of carbonyl (C=O) groups is 1. The van der Waals surface area contributed by atoms with Crippen molar-refractivity contribution < 1.29 is 28.1 Å². The van der Waals surface area contributed by atoms with Crippen molar-refractivity contribution in [1.82, 2.24) is 0 Å². The number of ether oxygens (including phenoxy) is 4. The third-order valence-electron chi connectivity index (χ3n) is 7.22. The van der Waals surface area contributed by atoms with E-state index >= 15 is 4.39 Å². The molecule has 3 aromatic carbocycles. The highest BCUT2D eigenvalue weighted by Gasteiger charge is 2.32. The van der Waals surface area contributed by atoms with E-state index < -0.39 is 0 Å². The Balaban J connectivity index is 0.00000137. The summed E-state index contributed by atoms with van der Waals surface area (Å²) in [6.07, 6.45) is 6.01. The lowest BCUT2D eigenvalue weighted by Crippen LogP contribution is -2.24. The van der Waals surface area contributed by atoms with Crippen LogP contribution in [0.4, 0.5) is 4.39 Å². The maximum atomic E-state index is 15.0. The molecule has 0 aromatic heterocycles. The van der Waals surface area contributed by atoms with E-state index in [1.54, 1.807) is 26.4 Å². The molecule has 0 saturated heterocycles. The van der Waals surface area contributed by atoms with E-state index in [1.165, 1.54) is 32.4 Å². The van der Waals surface area contributed by atoms with Crippen LogP contribution in [0.5, 0.6) is 11.5 Å². The predicted molar refractivity (Wildman–Crippen MR) is 157 cm³/mol. The van der Waals surface area contributed by atoms with Gasteiger partial charge in [0, 0.05) is 19.1 Å². The van der Waals surface area contributed by atoms with E-state index in [-0.39, 0.29) is 23.3 Å². The van der Waals surface area contributed by atoms with Crippen LogP contribution in [0, 0.1) is 11.2 Å². The number of benzene rings is 3. The van der Waals surface area contributed by atoms with Crippen molar-refractivity contribution in [3.8, 4) is 22.6 Å². The molecule has 0 radical (unpaired) electrons. The van der Waals surface area contributed by atoms with Crippen LogP contribution in [0.1, 0.15) is 75.7 Å². The second-order valence-corrected chi connectivity index (χ2v) is 10.8. The van der Waals surface area contributed by atoms with Gasteiger partial charge in [-0.3, -0.25) is 4.79 Å². The van der Waals surface area contributed by atoms with Gasteiger partial charge in [0.15, 0.2) is 0 Å². The molecule has 1 fully saturated rings. The van der Waals surface area contributed by atoms with Crippen LogP contribution in [0.15, 0.2) is 60.7 Å². The maximum absolute atomic E-state index is 15.0. The zero-order valence-corrected chi connectivity index (χ0v) is 24.7. The zero-order valence-electron chi connectivity index (χ0n) is 24.7. The molecule has 216 valence electrons. The highest BCUT2D eigenvalue weighted by atomic mass is 19.1. The SMILES string of the molecule is C1CC1.CCC(C)(C)C(OC)c1cc(COc2cccc(CCC(=O)OC)c2)ccc1-c1cc(OC)ccc1F. The molecule has 0 heterocycles. The maximum Gasteiger partial charge on any atom is 0.305 e. The van der Waals surface area contributed by atoms with Crippen LogP contribution in [-0.4, -0.2) is 27.3 Å². The van der Waals surface area contributed by atoms with Gasteiger partial charge in [0.25, 0.3) is 0 Å². The summed E-state index contributed by atoms with van der Waals surface area (Å²) >= 11 is 0. The Morgan fingerprint density at radius 3 is 2.27 bits per heavy atom. The Hall–Kier alpha value is -3.38. The number of halogens is 1. The second kappa shape index (κ2) is 14.8. The van der Waals surface area contributed by atoms with Gasteiger partial charge in [-0.15, -0.1) is 0 Å². The molecule has 0 bridgehead atoms. The van der Waals surface area contributed by atoms with Gasteiger partial charge in [-0.05, 0) is 76.9 Å². The molecule has 1 aliphatic carbocycles. The van der Waals surface area contributed by atoms with Gasteiger partial charge in [-0.25, -0.2) is 4.39 Å². The zero-order chi connectivity index (χ0) is 29.1. The van der Waals surface area contributed by atoms with Gasteiger partial charge >= 0.3 is 5.97 Å². The van der Waals surface area contributed by atoms with Crippen molar-refractivity contribution in [3.63, 3.8) is 0 Å². The lowest BCUT2D eigenvalue weighted by Gasteiger charge is -2.34. The Labute approximate surface area is 238 Å². The smallest absolute Gasteiger partial charge is 0.305 e. The Bertz CT molecular complexity index is 1250. The van der Waals surface area contributed by atoms with Crippen LogP contribution in [0.3, 0.4) is 0 Å². The lowest BCUT2D eigenvalue weighted by molar-refractivity contribution is -0.140. The summed E-state index contributed by atoms with van der Waals surface area (Å²) in [6, 6.07) is 18.4. The standard InChI is InChI=1S/C31H37FO5.C3H6/c1-7-31(2,3)30(36-6)27-18-22(11-14-25(27)26-19-23(34-4)13-15-28(26)32)20-37-24-10-8-9-21(17-24)12-16-29(33)35-5;1-2-3-1/h8-11,13-15,17-19,30H,7,12,16,20H2,1-6H3;1-3H2. The van der Waals surface area contributed by atoms with Crippen molar-refractivity contribution in [2.75, 3.05) is 21.3 Å². The fourth-order valence-corrected chi connectivity index (χ4v) is 4.36. The third kappa shape index (κ3) is 8.82. The van der Waals surface area contributed by atoms with Gasteiger partial charge in [0.1, 0.15) is 23.9 Å². The lowest BCUT2D eigenvalue weighted by atomic mass is 9.77. The number of esters is 1. The Morgan fingerprint density at radius 1 is 0.900 bits per heavy atom. The Kier molecular flexibility index (Phi) is 11.6. The van der Waals surface area contributed by atoms with Gasteiger partial charge in [-0.2, -0.15) is 0 Å². The quantitative estimate of drug-likeness (QED) is 0.212. The highest BCUT2D eigenvalue weighted by molar-refractivity contribution is 5.71. The summed E-state index contributed by atoms with van der Waals surface area (Å²) in [5.41, 5.74) is 3.88. The molecule has 0 aliphatic heterocycles. The number of aryl methyl sites for hydroxylation is 1. The van der Waals surface area contributed by atoms with Crippen LogP contribution in [0.2, 0.25) is 0 Å². The van der Waals surface area contributed by atoms with Crippen LogP contribution in [0.25, 0.3) is 11.1 Å². The third-order valence-corrected chi connectivity index (χ3v) is 7.22. The molecule has 3 aromatic rings. The first-order valence-corrected chi connectivity index (χ1v) is 14.0. The topological polar surface area (TPSA) is 54.0 Å². The summed E-state index contributed by atoms with van der Waals surface area (Å²) in [6.45, 7) is 6.75. The fraction of sp³-hybridized carbons (Fsp3) is 0.441. The molecule has 1 atom stereocenters. The molecule has 1 saturated carbocycles. The van der Waals surface area contributed by atoms with Gasteiger partial charge in [0.2, 0.25) is 0 Å². The minimum Gasteiger partial charge on any atom is -0.497 e. The first kappa shape index (κ1) is 31.2. The summed E-state index contributed by atoms with van der Waals surface area (Å²) in [4.78, 5) is 11.5. The summed E-state index contributed by atoms with van der Waals surface area (Å²) in [7, 11) is 4.65. The number of carbonyl (C=O) groups excluding carboxylic acids is 1. The van der Waals surface area contributed by atoms with Crippen LogP contribution >= 0.6 is 0 Å². The molecular formula is C34H43FO5. The average molecular weight is 551 g/mol. The summed E-state index contributed by atoms with van der Waals surface area (Å²) < 4.78 is 37.2. The largest absolute Gasteiger partial charge is 0.497 e. The molecule has 1 aliphatic rings.